The molecule has 0 unspecified atom stereocenters. The average molecular weight is 438 g/mol. The Morgan fingerprint density at radius 1 is 1.06 bits per heavy atom. The molecule has 2 amide bonds. The van der Waals surface area contributed by atoms with Crippen molar-refractivity contribution >= 4 is 35.1 Å². The van der Waals surface area contributed by atoms with Crippen LogP contribution < -0.4 is 10.2 Å². The second-order valence-corrected chi connectivity index (χ2v) is 7.58. The molecule has 0 radical (unpaired) electrons. The van der Waals surface area contributed by atoms with E-state index in [1.54, 1.807) is 24.0 Å². The maximum atomic E-state index is 12.5. The highest BCUT2D eigenvalue weighted by atomic mass is 16.5. The Bertz CT molecular complexity index is 1030. The molecule has 0 aliphatic carbocycles. The van der Waals surface area contributed by atoms with E-state index in [0.29, 0.717) is 11.3 Å². The van der Waals surface area contributed by atoms with Crippen LogP contribution in [0.15, 0.2) is 42.5 Å². The number of benzene rings is 2. The number of hydrogen-bond acceptors (Lipinski definition) is 6. The van der Waals surface area contributed by atoms with Crippen molar-refractivity contribution in [3.8, 4) is 0 Å². The molecule has 2 aromatic rings. The van der Waals surface area contributed by atoms with E-state index in [0.717, 1.165) is 16.8 Å². The molecule has 168 valence electrons. The summed E-state index contributed by atoms with van der Waals surface area (Å²) in [5, 5.41) is 2.60. The lowest BCUT2D eigenvalue weighted by Crippen LogP contribution is -2.28. The van der Waals surface area contributed by atoms with Crippen LogP contribution in [0.25, 0.3) is 0 Å². The lowest BCUT2D eigenvalue weighted by Gasteiger charge is -2.20. The Balaban J connectivity index is 1.51. The first kappa shape index (κ1) is 23.0. The van der Waals surface area contributed by atoms with Crippen LogP contribution in [0, 0.1) is 19.8 Å². The molecule has 0 saturated carbocycles. The summed E-state index contributed by atoms with van der Waals surface area (Å²) in [4.78, 5) is 50.3. The van der Waals surface area contributed by atoms with Crippen LogP contribution in [-0.2, 0) is 23.9 Å². The summed E-state index contributed by atoms with van der Waals surface area (Å²) in [6.07, 6.45) is 0.0448. The molecule has 8 nitrogen and oxygen atoms in total. The van der Waals surface area contributed by atoms with Gasteiger partial charge in [0.2, 0.25) is 5.91 Å². The van der Waals surface area contributed by atoms with Gasteiger partial charge in [0.15, 0.2) is 6.61 Å². The first-order valence-electron chi connectivity index (χ1n) is 10.4. The zero-order valence-corrected chi connectivity index (χ0v) is 18.3. The third-order valence-corrected chi connectivity index (χ3v) is 5.35. The highest BCUT2D eigenvalue weighted by Crippen LogP contribution is 2.29. The first-order chi connectivity index (χ1) is 15.3. The Kier molecular flexibility index (Phi) is 7.25. The van der Waals surface area contributed by atoms with Crippen LogP contribution in [0.1, 0.15) is 34.8 Å². The van der Waals surface area contributed by atoms with Crippen molar-refractivity contribution < 1.29 is 28.7 Å². The Morgan fingerprint density at radius 3 is 2.47 bits per heavy atom. The van der Waals surface area contributed by atoms with Crippen molar-refractivity contribution in [1.82, 2.24) is 0 Å². The minimum absolute atomic E-state index is 0.0448. The summed E-state index contributed by atoms with van der Waals surface area (Å²) in [7, 11) is 0. The monoisotopic (exact) mass is 438 g/mol. The van der Waals surface area contributed by atoms with E-state index in [2.05, 4.69) is 5.32 Å². The van der Waals surface area contributed by atoms with Crippen molar-refractivity contribution in [2.24, 2.45) is 5.92 Å². The number of hydrogen-bond donors (Lipinski definition) is 1. The van der Waals surface area contributed by atoms with Gasteiger partial charge in [0.25, 0.3) is 5.91 Å². The smallest absolute Gasteiger partial charge is 0.338 e. The molecule has 0 spiro atoms. The van der Waals surface area contributed by atoms with Gasteiger partial charge in [0, 0.05) is 24.3 Å². The molecular formula is C24H26N2O6. The largest absolute Gasteiger partial charge is 0.462 e. The number of ether oxygens (including phenoxy) is 2. The third kappa shape index (κ3) is 5.32. The van der Waals surface area contributed by atoms with Crippen LogP contribution >= 0.6 is 0 Å². The number of anilines is 2. The van der Waals surface area contributed by atoms with Crippen LogP contribution in [0.2, 0.25) is 0 Å². The third-order valence-electron chi connectivity index (χ3n) is 5.35. The molecule has 1 N–H and O–H groups in total. The van der Waals surface area contributed by atoms with Crippen molar-refractivity contribution in [3.63, 3.8) is 0 Å². The summed E-state index contributed by atoms with van der Waals surface area (Å²) >= 11 is 0. The van der Waals surface area contributed by atoms with Gasteiger partial charge in [-0.25, -0.2) is 4.79 Å². The van der Waals surface area contributed by atoms with Gasteiger partial charge in [-0.3, -0.25) is 14.4 Å². The fourth-order valence-corrected chi connectivity index (χ4v) is 3.48. The predicted octanol–water partition coefficient (Wildman–Crippen LogP) is 3.01. The molecule has 2 aromatic carbocycles. The highest BCUT2D eigenvalue weighted by molar-refractivity contribution is 6.00. The molecule has 8 heteroatoms. The van der Waals surface area contributed by atoms with Crippen LogP contribution in [0.4, 0.5) is 11.4 Å². The number of aryl methyl sites for hydroxylation is 1. The Hall–Kier alpha value is -3.68. The topological polar surface area (TPSA) is 102 Å². The average Bonchev–Trinajstić information content (AvgIpc) is 3.16. The number of carbonyl (C=O) groups excluding carboxylic acids is 4. The summed E-state index contributed by atoms with van der Waals surface area (Å²) < 4.78 is 10.0. The Labute approximate surface area is 186 Å². The normalized spacial score (nSPS) is 15.4. The van der Waals surface area contributed by atoms with Gasteiger partial charge in [0.1, 0.15) is 0 Å². The molecule has 1 atom stereocenters. The van der Waals surface area contributed by atoms with E-state index >= 15 is 0 Å². The second-order valence-electron chi connectivity index (χ2n) is 7.58. The predicted molar refractivity (Wildman–Crippen MR) is 118 cm³/mol. The minimum atomic E-state index is -0.626. The lowest BCUT2D eigenvalue weighted by atomic mass is 10.1. The molecule has 1 aliphatic rings. The van der Waals surface area contributed by atoms with Gasteiger partial charge in [-0.1, -0.05) is 12.1 Å². The molecule has 1 heterocycles. The Morgan fingerprint density at radius 2 is 1.78 bits per heavy atom. The van der Waals surface area contributed by atoms with E-state index in [9.17, 15) is 19.2 Å². The highest BCUT2D eigenvalue weighted by Gasteiger charge is 2.37. The summed E-state index contributed by atoms with van der Waals surface area (Å²) in [5.41, 5.74) is 3.66. The van der Waals surface area contributed by atoms with Crippen LogP contribution in [-0.4, -0.2) is 43.5 Å². The molecule has 3 rings (SSSR count). The lowest BCUT2D eigenvalue weighted by molar-refractivity contribution is -0.151. The van der Waals surface area contributed by atoms with E-state index in [1.807, 2.05) is 32.0 Å². The zero-order valence-electron chi connectivity index (χ0n) is 18.3. The molecular weight excluding hydrogens is 412 g/mol. The van der Waals surface area contributed by atoms with Crippen LogP contribution in [0.5, 0.6) is 0 Å². The van der Waals surface area contributed by atoms with E-state index in [-0.39, 0.29) is 25.5 Å². The minimum Gasteiger partial charge on any atom is -0.462 e. The first-order valence-corrected chi connectivity index (χ1v) is 10.4. The van der Waals surface area contributed by atoms with Gasteiger partial charge in [-0.2, -0.15) is 0 Å². The number of nitrogens with zero attached hydrogens (tertiary/aromatic N) is 1. The summed E-state index contributed by atoms with van der Waals surface area (Å²) in [6.45, 7) is 5.65. The van der Waals surface area contributed by atoms with Gasteiger partial charge < -0.3 is 19.7 Å². The number of nitrogens with one attached hydrogen (secondary N) is 1. The fraction of sp³-hybridized carbons (Fsp3) is 0.333. The quantitative estimate of drug-likeness (QED) is 0.667. The number of rotatable bonds is 7. The molecule has 0 bridgehead atoms. The van der Waals surface area contributed by atoms with Gasteiger partial charge in [0.05, 0.1) is 18.1 Å². The number of amides is 2. The molecule has 1 fully saturated rings. The van der Waals surface area contributed by atoms with Crippen molar-refractivity contribution in [2.75, 3.05) is 30.0 Å². The molecule has 32 heavy (non-hydrogen) atoms. The maximum absolute atomic E-state index is 12.5. The van der Waals surface area contributed by atoms with Crippen molar-refractivity contribution in [3.05, 3.63) is 59.2 Å². The van der Waals surface area contributed by atoms with E-state index in [1.165, 1.54) is 12.1 Å². The van der Waals surface area contributed by atoms with Gasteiger partial charge in [-0.15, -0.1) is 0 Å². The second kappa shape index (κ2) is 10.1. The van der Waals surface area contributed by atoms with Gasteiger partial charge >= 0.3 is 11.9 Å². The molecule has 0 aromatic heterocycles. The number of carbonyl (C=O) groups is 4. The van der Waals surface area contributed by atoms with Gasteiger partial charge in [-0.05, 0) is 62.2 Å². The maximum Gasteiger partial charge on any atom is 0.338 e. The summed E-state index contributed by atoms with van der Waals surface area (Å²) in [6, 6.07) is 11.9. The standard InChI is InChI=1S/C24H26N2O6/c1-4-31-23(29)17-8-10-19(11-9-17)25-21(27)14-32-24(30)18-12-22(28)26(13-18)20-7-5-6-15(2)16(20)3/h5-11,18H,4,12-14H2,1-3H3,(H,25,27)/t18-/m1/s1. The van der Waals surface area contributed by atoms with E-state index < -0.39 is 30.4 Å². The van der Waals surface area contributed by atoms with Crippen molar-refractivity contribution in [1.29, 1.82) is 0 Å². The zero-order chi connectivity index (χ0) is 23.3. The summed E-state index contributed by atoms with van der Waals surface area (Å²) in [5.74, 6) is -2.32. The SMILES string of the molecule is CCOC(=O)c1ccc(NC(=O)COC(=O)[C@@H]2CC(=O)N(c3cccc(C)c3C)C2)cc1. The molecule has 1 aliphatic heterocycles. The van der Waals surface area contributed by atoms with E-state index in [4.69, 9.17) is 9.47 Å². The fourth-order valence-electron chi connectivity index (χ4n) is 3.48. The number of esters is 2. The van der Waals surface area contributed by atoms with Crippen LogP contribution in [0.3, 0.4) is 0 Å². The molecule has 1 saturated heterocycles. The van der Waals surface area contributed by atoms with Crippen molar-refractivity contribution in [2.45, 2.75) is 27.2 Å².